The van der Waals surface area contributed by atoms with Gasteiger partial charge in [-0.05, 0) is 18.1 Å². The molecular formula is C23H22N2O8. The lowest BCUT2D eigenvalue weighted by Crippen LogP contribution is -2.55. The maximum Gasteiger partial charge on any atom is 0.324 e. The number of aromatic hydroxyl groups is 2. The molecule has 33 heavy (non-hydrogen) atoms. The van der Waals surface area contributed by atoms with Crippen LogP contribution in [0.1, 0.15) is 30.0 Å². The number of carboxylic acids is 2. The van der Waals surface area contributed by atoms with Crippen LogP contribution in [0.25, 0.3) is 0 Å². The molecule has 2 heterocycles. The summed E-state index contributed by atoms with van der Waals surface area (Å²) in [5.41, 5.74) is -1.23. The number of hydrogen-bond donors (Lipinski definition) is 5. The molecule has 0 bridgehead atoms. The van der Waals surface area contributed by atoms with E-state index in [4.69, 9.17) is 0 Å². The molecule has 0 saturated carbocycles. The van der Waals surface area contributed by atoms with Crippen LogP contribution >= 0.6 is 0 Å². The third kappa shape index (κ3) is 3.68. The summed E-state index contributed by atoms with van der Waals surface area (Å²) in [5.74, 6) is -7.20. The number of aliphatic carboxylic acids is 2. The Morgan fingerprint density at radius 3 is 2.30 bits per heavy atom. The standard InChI is InChI=1S/C23H22N2O8/c26-13-6-7-14(15(27)10-13)19-17-18(23(24-19,22(32)33)9-8-16(28)29)21(31)25(20(17)30)11-12-4-2-1-3-5-12/h1-7,10,17-19,24,26-27H,8-9,11H2,(H,28,29)(H,32,33)/t17-,18+,19+,23-/m0/s1. The average molecular weight is 454 g/mol. The molecule has 0 spiro atoms. The van der Waals surface area contributed by atoms with Crippen molar-refractivity contribution in [3.8, 4) is 11.5 Å². The van der Waals surface area contributed by atoms with Gasteiger partial charge in [0.15, 0.2) is 0 Å². The predicted octanol–water partition coefficient (Wildman–Crippen LogP) is 1.23. The molecule has 0 radical (unpaired) electrons. The zero-order chi connectivity index (χ0) is 23.9. The molecule has 2 saturated heterocycles. The number of fused-ring (bicyclic) bond motifs is 1. The summed E-state index contributed by atoms with van der Waals surface area (Å²) in [6, 6.07) is 11.3. The van der Waals surface area contributed by atoms with Crippen molar-refractivity contribution < 1.29 is 39.6 Å². The van der Waals surface area contributed by atoms with Crippen LogP contribution in [-0.4, -0.2) is 54.6 Å². The normalized spacial score (nSPS) is 26.4. The number of benzene rings is 2. The van der Waals surface area contributed by atoms with E-state index >= 15 is 0 Å². The van der Waals surface area contributed by atoms with Crippen LogP contribution in [0.15, 0.2) is 48.5 Å². The van der Waals surface area contributed by atoms with E-state index in [1.807, 2.05) is 0 Å². The summed E-state index contributed by atoms with van der Waals surface area (Å²) >= 11 is 0. The molecule has 2 amide bonds. The third-order valence-electron chi connectivity index (χ3n) is 6.39. The van der Waals surface area contributed by atoms with Crippen molar-refractivity contribution in [3.63, 3.8) is 0 Å². The van der Waals surface area contributed by atoms with Crippen LogP contribution in [0.2, 0.25) is 0 Å². The number of rotatable bonds is 7. The fourth-order valence-corrected chi connectivity index (χ4v) is 4.88. The van der Waals surface area contributed by atoms with Crippen molar-refractivity contribution >= 4 is 23.8 Å². The Labute approximate surface area is 188 Å². The van der Waals surface area contributed by atoms with Gasteiger partial charge in [0.25, 0.3) is 0 Å². The Morgan fingerprint density at radius 2 is 1.70 bits per heavy atom. The maximum absolute atomic E-state index is 13.4. The van der Waals surface area contributed by atoms with E-state index in [2.05, 4.69) is 5.32 Å². The first-order valence-electron chi connectivity index (χ1n) is 10.3. The molecule has 2 aromatic carbocycles. The number of amides is 2. The SMILES string of the molecule is O=C(O)CC[C@]1(C(=O)O)N[C@H](c2ccc(O)cc2O)[C@H]2C(=O)N(Cc3ccccc3)C(=O)[C@@H]21. The first-order valence-corrected chi connectivity index (χ1v) is 10.3. The van der Waals surface area contributed by atoms with Crippen LogP contribution in [0.3, 0.4) is 0 Å². The van der Waals surface area contributed by atoms with Gasteiger partial charge in [0.2, 0.25) is 11.8 Å². The molecule has 5 N–H and O–H groups in total. The number of nitrogens with one attached hydrogen (secondary N) is 1. The van der Waals surface area contributed by atoms with Gasteiger partial charge < -0.3 is 20.4 Å². The first kappa shape index (κ1) is 22.3. The highest BCUT2D eigenvalue weighted by molar-refractivity contribution is 6.09. The Balaban J connectivity index is 1.81. The van der Waals surface area contributed by atoms with Gasteiger partial charge in [-0.3, -0.25) is 29.4 Å². The summed E-state index contributed by atoms with van der Waals surface area (Å²) in [5, 5.41) is 42.2. The molecule has 2 aliphatic rings. The monoisotopic (exact) mass is 454 g/mol. The maximum atomic E-state index is 13.4. The number of nitrogens with zero attached hydrogens (tertiary/aromatic N) is 1. The molecule has 0 unspecified atom stereocenters. The van der Waals surface area contributed by atoms with E-state index in [1.165, 1.54) is 12.1 Å². The molecule has 2 aliphatic heterocycles. The average Bonchev–Trinajstić information content (AvgIpc) is 3.23. The number of carbonyl (C=O) groups excluding carboxylic acids is 2. The van der Waals surface area contributed by atoms with Crippen molar-refractivity contribution in [2.45, 2.75) is 31.0 Å². The summed E-state index contributed by atoms with van der Waals surface area (Å²) in [4.78, 5) is 51.6. The number of phenols is 2. The quantitative estimate of drug-likeness (QED) is 0.387. The second kappa shape index (κ2) is 8.21. The van der Waals surface area contributed by atoms with Crippen molar-refractivity contribution in [2.24, 2.45) is 11.8 Å². The molecule has 2 fully saturated rings. The number of phenolic OH excluding ortho intramolecular Hbond substituents is 2. The zero-order valence-electron chi connectivity index (χ0n) is 17.3. The van der Waals surface area contributed by atoms with E-state index in [0.29, 0.717) is 5.56 Å². The van der Waals surface area contributed by atoms with E-state index in [9.17, 15) is 39.6 Å². The van der Waals surface area contributed by atoms with Gasteiger partial charge in [-0.15, -0.1) is 0 Å². The van der Waals surface area contributed by atoms with Crippen LogP contribution in [0, 0.1) is 11.8 Å². The Morgan fingerprint density at radius 1 is 1.00 bits per heavy atom. The number of carbonyl (C=O) groups is 4. The highest BCUT2D eigenvalue weighted by Gasteiger charge is 2.68. The Kier molecular flexibility index (Phi) is 5.54. The molecule has 4 rings (SSSR count). The Hall–Kier alpha value is -3.92. The first-order chi connectivity index (χ1) is 15.7. The number of carboxylic acid groups (broad SMARTS) is 2. The number of imide groups is 1. The van der Waals surface area contributed by atoms with Crippen molar-refractivity contribution in [3.05, 3.63) is 59.7 Å². The molecular weight excluding hydrogens is 432 g/mol. The van der Waals surface area contributed by atoms with E-state index in [1.54, 1.807) is 30.3 Å². The van der Waals surface area contributed by atoms with Gasteiger partial charge in [-0.2, -0.15) is 0 Å². The fraction of sp³-hybridized carbons (Fsp3) is 0.304. The largest absolute Gasteiger partial charge is 0.508 e. The molecule has 2 aromatic rings. The van der Waals surface area contributed by atoms with Gasteiger partial charge in [0.1, 0.15) is 17.0 Å². The van der Waals surface area contributed by atoms with Crippen LogP contribution < -0.4 is 5.32 Å². The van der Waals surface area contributed by atoms with Crippen molar-refractivity contribution in [1.29, 1.82) is 0 Å². The highest BCUT2D eigenvalue weighted by Crippen LogP contribution is 2.52. The van der Waals surface area contributed by atoms with E-state index < -0.39 is 60.0 Å². The minimum Gasteiger partial charge on any atom is -0.508 e. The smallest absolute Gasteiger partial charge is 0.324 e. The summed E-state index contributed by atoms with van der Waals surface area (Å²) in [6.07, 6.45) is -0.983. The minimum absolute atomic E-state index is 0.0611. The van der Waals surface area contributed by atoms with Crippen molar-refractivity contribution in [2.75, 3.05) is 0 Å². The molecule has 0 aromatic heterocycles. The second-order valence-corrected chi connectivity index (χ2v) is 8.29. The van der Waals surface area contributed by atoms with Gasteiger partial charge in [0.05, 0.1) is 18.4 Å². The summed E-state index contributed by atoms with van der Waals surface area (Å²) < 4.78 is 0. The number of likely N-dealkylation sites (tertiary alicyclic amines) is 1. The van der Waals surface area contributed by atoms with Crippen LogP contribution in [0.5, 0.6) is 11.5 Å². The fourth-order valence-electron chi connectivity index (χ4n) is 4.88. The summed E-state index contributed by atoms with van der Waals surface area (Å²) in [6.45, 7) is -0.0611. The Bertz CT molecular complexity index is 1130. The third-order valence-corrected chi connectivity index (χ3v) is 6.39. The van der Waals surface area contributed by atoms with Crippen LogP contribution in [-0.2, 0) is 25.7 Å². The van der Waals surface area contributed by atoms with Gasteiger partial charge in [-0.25, -0.2) is 0 Å². The minimum atomic E-state index is -2.03. The number of hydrogen-bond acceptors (Lipinski definition) is 7. The highest BCUT2D eigenvalue weighted by atomic mass is 16.4. The van der Waals surface area contributed by atoms with Crippen molar-refractivity contribution in [1.82, 2.24) is 10.2 Å². The van der Waals surface area contributed by atoms with Crippen LogP contribution in [0.4, 0.5) is 0 Å². The summed E-state index contributed by atoms with van der Waals surface area (Å²) in [7, 11) is 0. The zero-order valence-corrected chi connectivity index (χ0v) is 17.3. The lowest BCUT2D eigenvalue weighted by molar-refractivity contribution is -0.153. The lowest BCUT2D eigenvalue weighted by atomic mass is 9.77. The molecule has 0 aliphatic carbocycles. The predicted molar refractivity (Wildman–Crippen MR) is 112 cm³/mol. The second-order valence-electron chi connectivity index (χ2n) is 8.29. The topological polar surface area (TPSA) is 164 Å². The molecule has 4 atom stereocenters. The van der Waals surface area contributed by atoms with Gasteiger partial charge in [-0.1, -0.05) is 36.4 Å². The van der Waals surface area contributed by atoms with E-state index in [-0.39, 0.29) is 23.6 Å². The van der Waals surface area contributed by atoms with E-state index in [0.717, 1.165) is 11.0 Å². The molecule has 10 nitrogen and oxygen atoms in total. The lowest BCUT2D eigenvalue weighted by Gasteiger charge is -2.31. The molecule has 172 valence electrons. The van der Waals surface area contributed by atoms with Gasteiger partial charge in [0, 0.05) is 24.1 Å². The molecule has 10 heteroatoms. The van der Waals surface area contributed by atoms with Gasteiger partial charge >= 0.3 is 11.9 Å².